The molecule has 0 radical (unpaired) electrons. The third-order valence-electron chi connectivity index (χ3n) is 2.99. The number of carbonyl (C=O) groups is 1. The first kappa shape index (κ1) is 15.9. The fraction of sp³-hybridized carbons (Fsp3) is 0.692. The van der Waals surface area contributed by atoms with Gasteiger partial charge in [0, 0.05) is 12.5 Å². The first-order valence-corrected chi connectivity index (χ1v) is 7.98. The van der Waals surface area contributed by atoms with E-state index in [9.17, 15) is 4.79 Å². The Hall–Kier alpha value is -1.17. The van der Waals surface area contributed by atoms with Crippen molar-refractivity contribution in [3.05, 3.63) is 11.5 Å². The van der Waals surface area contributed by atoms with Gasteiger partial charge in [0.05, 0.1) is 6.61 Å². The minimum absolute atomic E-state index is 0.234. The van der Waals surface area contributed by atoms with Crippen molar-refractivity contribution in [1.82, 2.24) is 9.55 Å². The number of esters is 1. The van der Waals surface area contributed by atoms with Crippen LogP contribution in [-0.2, 0) is 11.2 Å². The first-order valence-electron chi connectivity index (χ1n) is 6.59. The molecule has 5 nitrogen and oxygen atoms in total. The van der Waals surface area contributed by atoms with E-state index < -0.39 is 5.97 Å². The van der Waals surface area contributed by atoms with Crippen LogP contribution in [0.2, 0.25) is 0 Å². The van der Waals surface area contributed by atoms with Crippen LogP contribution < -0.4 is 5.73 Å². The van der Waals surface area contributed by atoms with E-state index in [-0.39, 0.29) is 11.7 Å². The van der Waals surface area contributed by atoms with Crippen LogP contribution in [0, 0.1) is 0 Å². The summed E-state index contributed by atoms with van der Waals surface area (Å²) < 4.78 is 6.94. The molecule has 1 aromatic heterocycles. The summed E-state index contributed by atoms with van der Waals surface area (Å²) in [7, 11) is 0. The fourth-order valence-electron chi connectivity index (χ4n) is 2.00. The molecule has 1 heterocycles. The van der Waals surface area contributed by atoms with Crippen LogP contribution >= 0.6 is 11.8 Å². The Morgan fingerprint density at radius 2 is 2.21 bits per heavy atom. The van der Waals surface area contributed by atoms with Gasteiger partial charge in [-0.2, -0.15) is 11.8 Å². The molecule has 0 aliphatic carbocycles. The molecule has 1 aromatic rings. The SMILES string of the molecule is CCOC(=O)c1nc(CC)n(C(C)CCSC)c1N. The van der Waals surface area contributed by atoms with Crippen molar-refractivity contribution in [2.45, 2.75) is 39.7 Å². The normalized spacial score (nSPS) is 12.4. The molecule has 108 valence electrons. The number of rotatable bonds is 7. The summed E-state index contributed by atoms with van der Waals surface area (Å²) in [5.41, 5.74) is 6.32. The van der Waals surface area contributed by atoms with Crippen molar-refractivity contribution in [1.29, 1.82) is 0 Å². The van der Waals surface area contributed by atoms with Gasteiger partial charge in [-0.1, -0.05) is 6.92 Å². The number of ether oxygens (including phenoxy) is 1. The highest BCUT2D eigenvalue weighted by Crippen LogP contribution is 2.24. The van der Waals surface area contributed by atoms with Gasteiger partial charge in [-0.05, 0) is 32.3 Å². The van der Waals surface area contributed by atoms with Crippen molar-refractivity contribution in [2.24, 2.45) is 0 Å². The number of nitrogens with zero attached hydrogens (tertiary/aromatic N) is 2. The largest absolute Gasteiger partial charge is 0.461 e. The molecule has 1 rings (SSSR count). The van der Waals surface area contributed by atoms with Gasteiger partial charge in [0.25, 0.3) is 0 Å². The van der Waals surface area contributed by atoms with Gasteiger partial charge in [-0.3, -0.25) is 0 Å². The van der Waals surface area contributed by atoms with Crippen LogP contribution in [0.5, 0.6) is 0 Å². The second-order valence-corrected chi connectivity index (χ2v) is 5.32. The number of nitrogens with two attached hydrogens (primary N) is 1. The average molecular weight is 285 g/mol. The summed E-state index contributed by atoms with van der Waals surface area (Å²) in [6.07, 6.45) is 3.82. The van der Waals surface area contributed by atoms with E-state index in [0.717, 1.165) is 24.4 Å². The third kappa shape index (κ3) is 3.65. The predicted molar refractivity (Wildman–Crippen MR) is 79.7 cm³/mol. The lowest BCUT2D eigenvalue weighted by atomic mass is 10.2. The number of nitrogen functional groups attached to an aromatic ring is 1. The number of thioether (sulfide) groups is 1. The number of anilines is 1. The molecule has 0 aromatic carbocycles. The molecule has 0 bridgehead atoms. The molecule has 19 heavy (non-hydrogen) atoms. The predicted octanol–water partition coefficient (Wildman–Crippen LogP) is 2.52. The van der Waals surface area contributed by atoms with Crippen molar-refractivity contribution < 1.29 is 9.53 Å². The monoisotopic (exact) mass is 285 g/mol. The standard InChI is InChI=1S/C13H23N3O2S/c1-5-10-15-11(13(17)18-6-2)12(14)16(10)9(3)7-8-19-4/h9H,5-8,14H2,1-4H3. The van der Waals surface area contributed by atoms with Crippen molar-refractivity contribution >= 4 is 23.5 Å². The summed E-state index contributed by atoms with van der Waals surface area (Å²) in [6, 6.07) is 0.234. The number of hydrogen-bond donors (Lipinski definition) is 1. The van der Waals surface area contributed by atoms with E-state index in [4.69, 9.17) is 10.5 Å². The lowest BCUT2D eigenvalue weighted by molar-refractivity contribution is 0.0521. The molecule has 1 atom stereocenters. The summed E-state index contributed by atoms with van der Waals surface area (Å²) in [5, 5.41) is 0. The number of imidazole rings is 1. The maximum absolute atomic E-state index is 11.8. The molecule has 0 fully saturated rings. The van der Waals surface area contributed by atoms with Crippen LogP contribution in [0.3, 0.4) is 0 Å². The molecule has 6 heteroatoms. The second kappa shape index (κ2) is 7.43. The average Bonchev–Trinajstić information content (AvgIpc) is 2.73. The highest BCUT2D eigenvalue weighted by Gasteiger charge is 2.23. The molecule has 0 aliphatic rings. The summed E-state index contributed by atoms with van der Waals surface area (Å²) in [6.45, 7) is 6.21. The molecular weight excluding hydrogens is 262 g/mol. The Kier molecular flexibility index (Phi) is 6.21. The summed E-state index contributed by atoms with van der Waals surface area (Å²) >= 11 is 1.80. The van der Waals surface area contributed by atoms with Gasteiger partial charge in [-0.25, -0.2) is 9.78 Å². The van der Waals surface area contributed by atoms with Gasteiger partial charge in [0.2, 0.25) is 0 Å². The second-order valence-electron chi connectivity index (χ2n) is 4.34. The highest BCUT2D eigenvalue weighted by molar-refractivity contribution is 7.98. The van der Waals surface area contributed by atoms with Crippen molar-refractivity contribution in [3.63, 3.8) is 0 Å². The third-order valence-corrected chi connectivity index (χ3v) is 3.63. The number of hydrogen-bond acceptors (Lipinski definition) is 5. The van der Waals surface area contributed by atoms with Crippen LogP contribution in [0.4, 0.5) is 5.82 Å². The minimum atomic E-state index is -0.439. The van der Waals surface area contributed by atoms with E-state index in [0.29, 0.717) is 12.4 Å². The number of carbonyl (C=O) groups excluding carboxylic acids is 1. The molecule has 2 N–H and O–H groups in total. The zero-order valence-electron chi connectivity index (χ0n) is 12.1. The maximum Gasteiger partial charge on any atom is 0.360 e. The molecule has 0 amide bonds. The van der Waals surface area contributed by atoms with Gasteiger partial charge in [0.15, 0.2) is 5.69 Å². The number of aryl methyl sites for hydroxylation is 1. The molecular formula is C13H23N3O2S. The maximum atomic E-state index is 11.8. The molecule has 0 aliphatic heterocycles. The van der Waals surface area contributed by atoms with Crippen LogP contribution in [0.25, 0.3) is 0 Å². The van der Waals surface area contributed by atoms with E-state index in [1.807, 2.05) is 11.5 Å². The van der Waals surface area contributed by atoms with Gasteiger partial charge in [0.1, 0.15) is 11.6 Å². The molecule has 0 saturated carbocycles. The van der Waals surface area contributed by atoms with E-state index in [1.165, 1.54) is 0 Å². The van der Waals surface area contributed by atoms with Crippen molar-refractivity contribution in [2.75, 3.05) is 24.3 Å². The lowest BCUT2D eigenvalue weighted by Crippen LogP contribution is -2.14. The van der Waals surface area contributed by atoms with Gasteiger partial charge >= 0.3 is 5.97 Å². The molecule has 1 unspecified atom stereocenters. The summed E-state index contributed by atoms with van der Waals surface area (Å²) in [5.74, 6) is 1.88. The zero-order valence-corrected chi connectivity index (χ0v) is 12.9. The Balaban J connectivity index is 3.06. The van der Waals surface area contributed by atoms with Crippen LogP contribution in [0.15, 0.2) is 0 Å². The Labute approximate surface area is 118 Å². The number of aromatic nitrogens is 2. The quantitative estimate of drug-likeness (QED) is 0.779. The minimum Gasteiger partial charge on any atom is -0.461 e. The van der Waals surface area contributed by atoms with Crippen LogP contribution in [0.1, 0.15) is 49.5 Å². The lowest BCUT2D eigenvalue weighted by Gasteiger charge is -2.17. The van der Waals surface area contributed by atoms with Crippen LogP contribution in [-0.4, -0.2) is 34.1 Å². The molecule has 0 saturated heterocycles. The van der Waals surface area contributed by atoms with Crippen molar-refractivity contribution in [3.8, 4) is 0 Å². The van der Waals surface area contributed by atoms with E-state index in [1.54, 1.807) is 18.7 Å². The Morgan fingerprint density at radius 1 is 1.53 bits per heavy atom. The molecule has 0 spiro atoms. The van der Waals surface area contributed by atoms with Gasteiger partial charge < -0.3 is 15.0 Å². The summed E-state index contributed by atoms with van der Waals surface area (Å²) in [4.78, 5) is 16.1. The van der Waals surface area contributed by atoms with E-state index >= 15 is 0 Å². The van der Waals surface area contributed by atoms with E-state index in [2.05, 4.69) is 18.2 Å². The smallest absolute Gasteiger partial charge is 0.360 e. The Bertz CT molecular complexity index is 432. The zero-order chi connectivity index (χ0) is 14.4. The Morgan fingerprint density at radius 3 is 2.74 bits per heavy atom. The fourth-order valence-corrected chi connectivity index (χ4v) is 2.58. The highest BCUT2D eigenvalue weighted by atomic mass is 32.2. The van der Waals surface area contributed by atoms with Gasteiger partial charge in [-0.15, -0.1) is 0 Å². The topological polar surface area (TPSA) is 70.1 Å². The first-order chi connectivity index (χ1) is 9.06.